The van der Waals surface area contributed by atoms with Crippen molar-refractivity contribution in [2.45, 2.75) is 0 Å². The molecule has 0 aliphatic carbocycles. The minimum atomic E-state index is -2.00. The summed E-state index contributed by atoms with van der Waals surface area (Å²) < 4.78 is 5.04. The van der Waals surface area contributed by atoms with Crippen molar-refractivity contribution >= 4 is 8.53 Å². The summed E-state index contributed by atoms with van der Waals surface area (Å²) in [5.74, 6) is 0. The first-order valence-corrected chi connectivity index (χ1v) is 4.30. The molecule has 10 heavy (non-hydrogen) atoms. The van der Waals surface area contributed by atoms with Gasteiger partial charge in [-0.1, -0.05) is 0 Å². The zero-order valence-electron chi connectivity index (χ0n) is 5.53. The Morgan fingerprint density at radius 1 is 1.30 bits per heavy atom. The number of morpholine rings is 1. The Hall–Kier alpha value is 0.230. The average molecular weight is 166 g/mol. The van der Waals surface area contributed by atoms with Crippen LogP contribution in [0.25, 0.3) is 0 Å². The summed E-state index contributed by atoms with van der Waals surface area (Å²) in [4.78, 5) is 17.1. The monoisotopic (exact) mass is 166 g/mol. The molecule has 6 heteroatoms. The molecule has 1 rings (SSSR count). The molecular weight excluding hydrogens is 155 g/mol. The third-order valence-electron chi connectivity index (χ3n) is 1.24. The van der Waals surface area contributed by atoms with E-state index in [1.165, 1.54) is 0 Å². The lowest BCUT2D eigenvalue weighted by Gasteiger charge is -2.26. The van der Waals surface area contributed by atoms with Crippen molar-refractivity contribution in [3.63, 3.8) is 0 Å². The molecule has 1 aliphatic heterocycles. The van der Waals surface area contributed by atoms with Gasteiger partial charge in [0.25, 0.3) is 8.53 Å². The van der Waals surface area contributed by atoms with Crippen LogP contribution in [0.15, 0.2) is 0 Å². The quantitative estimate of drug-likeness (QED) is 0.461. The number of rotatable bonds is 2. The largest absolute Gasteiger partial charge is 0.379 e. The highest BCUT2D eigenvalue weighted by Crippen LogP contribution is 2.16. The van der Waals surface area contributed by atoms with Gasteiger partial charge in [0.05, 0.1) is 13.2 Å². The van der Waals surface area contributed by atoms with Crippen LogP contribution in [-0.2, 0) is 4.74 Å². The number of nitrogens with zero attached hydrogens (tertiary/aromatic N) is 1. The molecule has 1 heterocycles. The van der Waals surface area contributed by atoms with Crippen molar-refractivity contribution in [3.05, 3.63) is 0 Å². The summed E-state index contributed by atoms with van der Waals surface area (Å²) in [6.45, 7) is 2.71. The van der Waals surface area contributed by atoms with Crippen LogP contribution < -0.4 is 5.20 Å². The van der Waals surface area contributed by atoms with Crippen LogP contribution in [0, 0.1) is 0 Å². The predicted molar refractivity (Wildman–Crippen MR) is 36.9 cm³/mol. The van der Waals surface area contributed by atoms with Crippen LogP contribution in [0.2, 0.25) is 0 Å². The highest BCUT2D eigenvalue weighted by atomic mass is 31.2. The zero-order valence-corrected chi connectivity index (χ0v) is 6.42. The second kappa shape index (κ2) is 4.18. The molecule has 60 valence electrons. The minimum Gasteiger partial charge on any atom is -0.379 e. The molecule has 0 unspecified atom stereocenters. The van der Waals surface area contributed by atoms with E-state index in [2.05, 4.69) is 5.20 Å². The Balaban J connectivity index is 2.13. The highest BCUT2D eigenvalue weighted by molar-refractivity contribution is 7.42. The SMILES string of the molecule is OP(O)NN1CCOCC1. The Bertz CT molecular complexity index is 96.5. The summed E-state index contributed by atoms with van der Waals surface area (Å²) in [5.41, 5.74) is 0. The molecule has 1 aliphatic rings. The first kappa shape index (κ1) is 8.33. The van der Waals surface area contributed by atoms with Gasteiger partial charge in [0.1, 0.15) is 0 Å². The van der Waals surface area contributed by atoms with E-state index in [1.54, 1.807) is 5.01 Å². The third-order valence-corrected chi connectivity index (χ3v) is 1.70. The molecule has 1 fully saturated rings. The van der Waals surface area contributed by atoms with Gasteiger partial charge in [0.15, 0.2) is 0 Å². The molecule has 0 bridgehead atoms. The maximum absolute atomic E-state index is 8.53. The first-order chi connectivity index (χ1) is 4.79. The molecule has 1 saturated heterocycles. The van der Waals surface area contributed by atoms with Crippen LogP contribution in [-0.4, -0.2) is 41.1 Å². The van der Waals surface area contributed by atoms with Gasteiger partial charge in [0, 0.05) is 13.1 Å². The summed E-state index contributed by atoms with van der Waals surface area (Å²) >= 11 is 0. The van der Waals surface area contributed by atoms with E-state index in [-0.39, 0.29) is 0 Å². The van der Waals surface area contributed by atoms with Gasteiger partial charge in [-0.3, -0.25) is 0 Å². The fraction of sp³-hybridized carbons (Fsp3) is 1.00. The number of hydrogen-bond donors (Lipinski definition) is 3. The average Bonchev–Trinajstić information content (AvgIpc) is 1.88. The number of hydrazine groups is 1. The van der Waals surface area contributed by atoms with Crippen molar-refractivity contribution in [2.75, 3.05) is 26.3 Å². The lowest BCUT2D eigenvalue weighted by atomic mass is 10.5. The topological polar surface area (TPSA) is 65.0 Å². The van der Waals surface area contributed by atoms with Crippen molar-refractivity contribution in [1.29, 1.82) is 0 Å². The predicted octanol–water partition coefficient (Wildman–Crippen LogP) is -0.965. The normalized spacial score (nSPS) is 21.9. The number of ether oxygens (including phenoxy) is 1. The van der Waals surface area contributed by atoms with Crippen LogP contribution in [0.4, 0.5) is 0 Å². The van der Waals surface area contributed by atoms with Crippen molar-refractivity contribution in [1.82, 2.24) is 10.2 Å². The fourth-order valence-electron chi connectivity index (χ4n) is 0.790. The van der Waals surface area contributed by atoms with Crippen LogP contribution >= 0.6 is 8.53 Å². The van der Waals surface area contributed by atoms with Gasteiger partial charge in [0.2, 0.25) is 0 Å². The Labute approximate surface area is 60.5 Å². The molecule has 0 saturated carbocycles. The van der Waals surface area contributed by atoms with Crippen molar-refractivity contribution < 1.29 is 14.5 Å². The summed E-state index contributed by atoms with van der Waals surface area (Å²) in [6, 6.07) is 0. The van der Waals surface area contributed by atoms with E-state index in [9.17, 15) is 0 Å². The van der Waals surface area contributed by atoms with Crippen molar-refractivity contribution in [2.24, 2.45) is 0 Å². The fourth-order valence-corrected chi connectivity index (χ4v) is 1.24. The van der Waals surface area contributed by atoms with Crippen LogP contribution in [0.1, 0.15) is 0 Å². The molecule has 0 radical (unpaired) electrons. The lowest BCUT2D eigenvalue weighted by molar-refractivity contribution is 0.0249. The van der Waals surface area contributed by atoms with E-state index >= 15 is 0 Å². The molecule has 5 nitrogen and oxygen atoms in total. The Morgan fingerprint density at radius 3 is 2.40 bits per heavy atom. The van der Waals surface area contributed by atoms with E-state index in [4.69, 9.17) is 14.5 Å². The molecule has 0 spiro atoms. The van der Waals surface area contributed by atoms with E-state index < -0.39 is 8.53 Å². The first-order valence-electron chi connectivity index (χ1n) is 3.06. The van der Waals surface area contributed by atoms with Gasteiger partial charge in [-0.15, -0.1) is 0 Å². The molecular formula is C4H11N2O3P. The Morgan fingerprint density at radius 2 is 1.90 bits per heavy atom. The second-order valence-electron chi connectivity index (χ2n) is 1.99. The summed E-state index contributed by atoms with van der Waals surface area (Å²) in [6.07, 6.45) is 0. The molecule has 0 aromatic heterocycles. The zero-order chi connectivity index (χ0) is 7.40. The molecule has 3 N–H and O–H groups in total. The number of nitrogens with one attached hydrogen (secondary N) is 1. The summed E-state index contributed by atoms with van der Waals surface area (Å²) in [7, 11) is -2.00. The summed E-state index contributed by atoms with van der Waals surface area (Å²) in [5, 5.41) is 4.26. The van der Waals surface area contributed by atoms with Gasteiger partial charge in [-0.25, -0.2) is 5.01 Å². The number of hydrogen-bond acceptors (Lipinski definition) is 5. The standard InChI is InChI=1S/C4H11N2O3P/c7-10(8)5-6-1-3-9-4-2-6/h5,7-8H,1-4H2. The molecule has 0 amide bonds. The van der Waals surface area contributed by atoms with Crippen molar-refractivity contribution in [3.8, 4) is 0 Å². The molecule has 0 atom stereocenters. The maximum Gasteiger partial charge on any atom is 0.265 e. The van der Waals surface area contributed by atoms with E-state index in [0.717, 1.165) is 0 Å². The second-order valence-corrected chi connectivity index (χ2v) is 2.77. The van der Waals surface area contributed by atoms with Gasteiger partial charge < -0.3 is 14.5 Å². The van der Waals surface area contributed by atoms with Gasteiger partial charge in [-0.05, 0) is 0 Å². The molecule has 0 aromatic rings. The van der Waals surface area contributed by atoms with Gasteiger partial charge >= 0.3 is 0 Å². The smallest absolute Gasteiger partial charge is 0.265 e. The van der Waals surface area contributed by atoms with Crippen LogP contribution in [0.5, 0.6) is 0 Å². The maximum atomic E-state index is 8.53. The van der Waals surface area contributed by atoms with Gasteiger partial charge in [-0.2, -0.15) is 5.20 Å². The highest BCUT2D eigenvalue weighted by Gasteiger charge is 2.11. The molecule has 0 aromatic carbocycles. The third kappa shape index (κ3) is 2.88. The van der Waals surface area contributed by atoms with Crippen LogP contribution in [0.3, 0.4) is 0 Å². The van der Waals surface area contributed by atoms with E-state index in [1.807, 2.05) is 0 Å². The minimum absolute atomic E-state index is 0.649. The van der Waals surface area contributed by atoms with E-state index in [0.29, 0.717) is 26.3 Å². The lowest BCUT2D eigenvalue weighted by Crippen LogP contribution is -2.43. The Kier molecular flexibility index (Phi) is 3.48.